The summed E-state index contributed by atoms with van der Waals surface area (Å²) < 4.78 is 0. The molecule has 0 aromatic heterocycles. The Balaban J connectivity index is 1.63. The molecule has 1 heteroatoms. The first-order chi connectivity index (χ1) is 8.38. The minimum Gasteiger partial charge on any atom is -0.324 e. The summed E-state index contributed by atoms with van der Waals surface area (Å²) in [5.41, 5.74) is 8.18. The number of nitrogens with two attached hydrogens (primary N) is 1. The van der Waals surface area contributed by atoms with Crippen LogP contribution in [0.4, 0.5) is 0 Å². The quantitative estimate of drug-likeness (QED) is 0.716. The molecule has 3 rings (SSSR count). The number of hydrogen-bond acceptors (Lipinski definition) is 1. The van der Waals surface area contributed by atoms with Crippen LogP contribution < -0.4 is 5.73 Å². The third-order valence-corrected chi connectivity index (χ3v) is 5.39. The van der Waals surface area contributed by atoms with Crippen molar-refractivity contribution in [1.82, 2.24) is 0 Å². The van der Waals surface area contributed by atoms with Crippen LogP contribution in [0.2, 0.25) is 0 Å². The molecule has 96 valence electrons. The lowest BCUT2D eigenvalue weighted by molar-refractivity contribution is 0.480. The Hall–Kier alpha value is -0.300. The number of allylic oxidation sites excluding steroid dienone is 1. The Morgan fingerprint density at radius 1 is 0.941 bits per heavy atom. The Labute approximate surface area is 106 Å². The van der Waals surface area contributed by atoms with Crippen molar-refractivity contribution in [2.45, 2.75) is 70.3 Å². The van der Waals surface area contributed by atoms with E-state index in [1.54, 1.807) is 5.57 Å². The summed E-state index contributed by atoms with van der Waals surface area (Å²) in [6, 6.07) is 0.418. The van der Waals surface area contributed by atoms with Crippen molar-refractivity contribution in [3.05, 3.63) is 11.6 Å². The van der Waals surface area contributed by atoms with Crippen LogP contribution in [0.15, 0.2) is 11.6 Å². The Kier molecular flexibility index (Phi) is 3.56. The van der Waals surface area contributed by atoms with Crippen LogP contribution in [0.5, 0.6) is 0 Å². The van der Waals surface area contributed by atoms with E-state index < -0.39 is 0 Å². The van der Waals surface area contributed by atoms with Gasteiger partial charge in [-0.25, -0.2) is 0 Å². The topological polar surface area (TPSA) is 26.0 Å². The van der Waals surface area contributed by atoms with Crippen LogP contribution >= 0.6 is 0 Å². The molecule has 0 aliphatic heterocycles. The highest BCUT2D eigenvalue weighted by molar-refractivity contribution is 5.19. The van der Waals surface area contributed by atoms with E-state index in [0.29, 0.717) is 6.04 Å². The molecular formula is C16H27N. The highest BCUT2D eigenvalue weighted by Crippen LogP contribution is 2.57. The second-order valence-corrected chi connectivity index (χ2v) is 6.45. The van der Waals surface area contributed by atoms with Crippen molar-refractivity contribution in [1.29, 1.82) is 0 Å². The summed E-state index contributed by atoms with van der Waals surface area (Å²) in [4.78, 5) is 0. The average Bonchev–Trinajstić information content (AvgIpc) is 3.01. The Morgan fingerprint density at radius 3 is 2.41 bits per heavy atom. The molecule has 2 N–H and O–H groups in total. The van der Waals surface area contributed by atoms with E-state index in [0.717, 1.165) is 17.8 Å². The first-order valence-electron chi connectivity index (χ1n) is 7.82. The number of hydrogen-bond donors (Lipinski definition) is 1. The number of rotatable bonds is 2. The molecule has 0 saturated heterocycles. The standard InChI is InChI=1S/C16H27N/c17-16(12-8-4-2-1-3-5-9-12)15-13-10-6-7-11-14(13)15/h8,13-16H,1-7,9-11,17H2. The van der Waals surface area contributed by atoms with Crippen molar-refractivity contribution in [2.75, 3.05) is 0 Å². The fourth-order valence-electron chi connectivity index (χ4n) is 4.35. The minimum atomic E-state index is 0.418. The Morgan fingerprint density at radius 2 is 1.65 bits per heavy atom. The molecular weight excluding hydrogens is 206 g/mol. The third-order valence-electron chi connectivity index (χ3n) is 5.39. The smallest absolute Gasteiger partial charge is 0.0287 e. The molecule has 2 saturated carbocycles. The predicted molar refractivity (Wildman–Crippen MR) is 72.7 cm³/mol. The molecule has 0 radical (unpaired) electrons. The van der Waals surface area contributed by atoms with Gasteiger partial charge in [0.25, 0.3) is 0 Å². The van der Waals surface area contributed by atoms with Gasteiger partial charge in [-0.1, -0.05) is 37.3 Å². The van der Waals surface area contributed by atoms with Crippen LogP contribution in [0, 0.1) is 17.8 Å². The summed E-state index contributed by atoms with van der Waals surface area (Å²) in [7, 11) is 0. The third kappa shape index (κ3) is 2.45. The van der Waals surface area contributed by atoms with E-state index in [-0.39, 0.29) is 0 Å². The molecule has 17 heavy (non-hydrogen) atoms. The second kappa shape index (κ2) is 5.14. The molecule has 0 heterocycles. The maximum atomic E-state index is 6.57. The summed E-state index contributed by atoms with van der Waals surface area (Å²) in [5.74, 6) is 2.87. The van der Waals surface area contributed by atoms with Gasteiger partial charge < -0.3 is 5.73 Å². The monoisotopic (exact) mass is 233 g/mol. The van der Waals surface area contributed by atoms with Crippen molar-refractivity contribution >= 4 is 0 Å². The van der Waals surface area contributed by atoms with E-state index >= 15 is 0 Å². The first-order valence-corrected chi connectivity index (χ1v) is 7.82. The Bertz CT molecular complexity index is 282. The highest BCUT2D eigenvalue weighted by Gasteiger charge is 2.53. The van der Waals surface area contributed by atoms with Crippen molar-refractivity contribution in [3.63, 3.8) is 0 Å². The lowest BCUT2D eigenvalue weighted by atomic mass is 9.92. The zero-order chi connectivity index (χ0) is 11.7. The van der Waals surface area contributed by atoms with Crippen LogP contribution in [-0.4, -0.2) is 6.04 Å². The predicted octanol–water partition coefficient (Wildman–Crippen LogP) is 4.03. The van der Waals surface area contributed by atoms with Crippen LogP contribution in [0.3, 0.4) is 0 Å². The molecule has 0 spiro atoms. The van der Waals surface area contributed by atoms with E-state index in [1.165, 1.54) is 64.2 Å². The second-order valence-electron chi connectivity index (χ2n) is 6.45. The van der Waals surface area contributed by atoms with E-state index in [9.17, 15) is 0 Å². The summed E-state index contributed by atoms with van der Waals surface area (Å²) in [6.07, 6.45) is 16.5. The molecule has 2 fully saturated rings. The van der Waals surface area contributed by atoms with Gasteiger partial charge >= 0.3 is 0 Å². The van der Waals surface area contributed by atoms with Gasteiger partial charge in [-0.15, -0.1) is 0 Å². The van der Waals surface area contributed by atoms with Gasteiger partial charge in [0, 0.05) is 6.04 Å². The highest BCUT2D eigenvalue weighted by atomic mass is 14.7. The van der Waals surface area contributed by atoms with Crippen molar-refractivity contribution in [3.8, 4) is 0 Å². The SMILES string of the molecule is NC(C1=CCCCCCC1)C1C2CCCCC21. The van der Waals surface area contributed by atoms with Gasteiger partial charge in [-0.05, 0) is 56.3 Å². The largest absolute Gasteiger partial charge is 0.324 e. The lowest BCUT2D eigenvalue weighted by Crippen LogP contribution is -2.27. The average molecular weight is 233 g/mol. The van der Waals surface area contributed by atoms with Crippen molar-refractivity contribution < 1.29 is 0 Å². The van der Waals surface area contributed by atoms with Gasteiger partial charge in [-0.3, -0.25) is 0 Å². The molecule has 3 aliphatic rings. The molecule has 1 nitrogen and oxygen atoms in total. The summed E-state index contributed by atoms with van der Waals surface area (Å²) in [5, 5.41) is 0. The first kappa shape index (κ1) is 11.8. The maximum Gasteiger partial charge on any atom is 0.0287 e. The summed E-state index contributed by atoms with van der Waals surface area (Å²) in [6.45, 7) is 0. The van der Waals surface area contributed by atoms with Gasteiger partial charge in [0.1, 0.15) is 0 Å². The van der Waals surface area contributed by atoms with Crippen molar-refractivity contribution in [2.24, 2.45) is 23.5 Å². The molecule has 0 bridgehead atoms. The summed E-state index contributed by atoms with van der Waals surface area (Å²) >= 11 is 0. The van der Waals surface area contributed by atoms with E-state index in [1.807, 2.05) is 0 Å². The molecule has 0 aromatic carbocycles. The number of fused-ring (bicyclic) bond motifs is 1. The maximum absolute atomic E-state index is 6.57. The molecule has 3 atom stereocenters. The van der Waals surface area contributed by atoms with E-state index in [4.69, 9.17) is 5.73 Å². The van der Waals surface area contributed by atoms with Gasteiger partial charge in [-0.2, -0.15) is 0 Å². The van der Waals surface area contributed by atoms with Gasteiger partial charge in [0.15, 0.2) is 0 Å². The fraction of sp³-hybridized carbons (Fsp3) is 0.875. The molecule has 0 amide bonds. The van der Waals surface area contributed by atoms with Gasteiger partial charge in [0.05, 0.1) is 0 Å². The zero-order valence-electron chi connectivity index (χ0n) is 11.0. The molecule has 3 aliphatic carbocycles. The van der Waals surface area contributed by atoms with Gasteiger partial charge in [0.2, 0.25) is 0 Å². The fourth-order valence-corrected chi connectivity index (χ4v) is 4.35. The molecule has 3 unspecified atom stereocenters. The zero-order valence-corrected chi connectivity index (χ0v) is 11.0. The minimum absolute atomic E-state index is 0.418. The van der Waals surface area contributed by atoms with Crippen LogP contribution in [0.1, 0.15) is 64.2 Å². The van der Waals surface area contributed by atoms with Crippen LogP contribution in [-0.2, 0) is 0 Å². The molecule has 0 aromatic rings. The van der Waals surface area contributed by atoms with Crippen LogP contribution in [0.25, 0.3) is 0 Å². The normalized spacial score (nSPS) is 39.6. The van der Waals surface area contributed by atoms with E-state index in [2.05, 4.69) is 6.08 Å². The lowest BCUT2D eigenvalue weighted by Gasteiger charge is -2.18.